The van der Waals surface area contributed by atoms with Crippen LogP contribution in [0.15, 0.2) is 72.1 Å². The van der Waals surface area contributed by atoms with Crippen LogP contribution in [0.25, 0.3) is 10.9 Å². The Hall–Kier alpha value is -3.91. The summed E-state index contributed by atoms with van der Waals surface area (Å²) in [5.74, 6) is 0.573. The number of aromatic nitrogens is 3. The standard InChI is InChI=1S/C25H26N6O2/c1-2-7-23-22(6-1)24(18-27-23)30-28-17-20-15-21(31-10-13-32-14-11-31)16-25(29-20)33-12-8-19-5-3-4-9-26-19/h1-7,9,15-18,27,30H,8,10-14H2/b28-17-. The van der Waals surface area contributed by atoms with Crippen molar-refractivity contribution < 1.29 is 9.47 Å². The van der Waals surface area contributed by atoms with Gasteiger partial charge in [-0.15, -0.1) is 0 Å². The maximum Gasteiger partial charge on any atom is 0.215 e. The van der Waals surface area contributed by atoms with E-state index in [2.05, 4.69) is 36.4 Å². The molecule has 3 aromatic heterocycles. The molecular weight excluding hydrogens is 416 g/mol. The number of aromatic amines is 1. The third-order valence-corrected chi connectivity index (χ3v) is 5.49. The van der Waals surface area contributed by atoms with Crippen LogP contribution in [0.1, 0.15) is 11.4 Å². The first kappa shape index (κ1) is 21.0. The minimum atomic E-state index is 0.501. The molecule has 33 heavy (non-hydrogen) atoms. The third kappa shape index (κ3) is 5.30. The number of hydrazone groups is 1. The highest BCUT2D eigenvalue weighted by Crippen LogP contribution is 2.24. The van der Waals surface area contributed by atoms with Crippen molar-refractivity contribution in [3.63, 3.8) is 0 Å². The number of para-hydroxylation sites is 1. The van der Waals surface area contributed by atoms with Gasteiger partial charge in [0.1, 0.15) is 0 Å². The fourth-order valence-corrected chi connectivity index (χ4v) is 3.79. The molecule has 4 aromatic rings. The zero-order valence-corrected chi connectivity index (χ0v) is 18.3. The molecule has 1 aliphatic heterocycles. The summed E-state index contributed by atoms with van der Waals surface area (Å²) in [6, 6.07) is 18.0. The van der Waals surface area contributed by atoms with E-state index in [0.717, 1.165) is 53.2 Å². The highest BCUT2D eigenvalue weighted by atomic mass is 16.5. The number of fused-ring (bicyclic) bond motifs is 1. The van der Waals surface area contributed by atoms with Crippen molar-refractivity contribution in [2.75, 3.05) is 43.2 Å². The van der Waals surface area contributed by atoms with E-state index in [4.69, 9.17) is 9.47 Å². The number of hydrogen-bond acceptors (Lipinski definition) is 7. The summed E-state index contributed by atoms with van der Waals surface area (Å²) < 4.78 is 11.5. The monoisotopic (exact) mass is 442 g/mol. The number of ether oxygens (including phenoxy) is 2. The lowest BCUT2D eigenvalue weighted by Crippen LogP contribution is -2.36. The van der Waals surface area contributed by atoms with Crippen molar-refractivity contribution in [2.24, 2.45) is 5.10 Å². The SMILES string of the molecule is C(=N/Nc1c[nH]c2ccccc12)/c1cc(N2CCOCC2)cc(OCCc2ccccn2)n1. The highest BCUT2D eigenvalue weighted by Gasteiger charge is 2.14. The van der Waals surface area contributed by atoms with E-state index in [1.54, 1.807) is 12.4 Å². The normalized spacial score (nSPS) is 14.1. The Kier molecular flexibility index (Phi) is 6.44. The molecule has 0 unspecified atom stereocenters. The number of H-pyrrole nitrogens is 1. The molecule has 1 fully saturated rings. The second-order valence-electron chi connectivity index (χ2n) is 7.73. The topological polar surface area (TPSA) is 87.7 Å². The van der Waals surface area contributed by atoms with E-state index < -0.39 is 0 Å². The molecule has 1 aromatic carbocycles. The Labute approximate surface area is 192 Å². The molecule has 0 amide bonds. The predicted molar refractivity (Wildman–Crippen MR) is 130 cm³/mol. The van der Waals surface area contributed by atoms with Gasteiger partial charge < -0.3 is 19.4 Å². The van der Waals surface area contributed by atoms with Gasteiger partial charge in [0.2, 0.25) is 5.88 Å². The van der Waals surface area contributed by atoms with Gasteiger partial charge >= 0.3 is 0 Å². The molecule has 0 aliphatic carbocycles. The average molecular weight is 443 g/mol. The minimum absolute atomic E-state index is 0.501. The minimum Gasteiger partial charge on any atom is -0.477 e. The van der Waals surface area contributed by atoms with Crippen LogP contribution in [-0.4, -0.2) is 54.1 Å². The quantitative estimate of drug-likeness (QED) is 0.318. The van der Waals surface area contributed by atoms with Gasteiger partial charge in [0, 0.05) is 60.3 Å². The van der Waals surface area contributed by atoms with Crippen molar-refractivity contribution >= 4 is 28.5 Å². The van der Waals surface area contributed by atoms with Crippen molar-refractivity contribution in [3.8, 4) is 5.88 Å². The molecule has 4 heterocycles. The average Bonchev–Trinajstić information content (AvgIpc) is 3.28. The van der Waals surface area contributed by atoms with Gasteiger partial charge in [-0.05, 0) is 24.3 Å². The lowest BCUT2D eigenvalue weighted by molar-refractivity contribution is 0.122. The van der Waals surface area contributed by atoms with Gasteiger partial charge in [-0.3, -0.25) is 10.4 Å². The number of hydrogen-bond donors (Lipinski definition) is 2. The smallest absolute Gasteiger partial charge is 0.215 e. The number of nitrogens with zero attached hydrogens (tertiary/aromatic N) is 4. The molecule has 0 atom stereocenters. The Bertz CT molecular complexity index is 1220. The van der Waals surface area contributed by atoms with Crippen LogP contribution < -0.4 is 15.1 Å². The molecule has 168 valence electrons. The molecular formula is C25H26N6O2. The Balaban J connectivity index is 1.32. The summed E-state index contributed by atoms with van der Waals surface area (Å²) in [7, 11) is 0. The largest absolute Gasteiger partial charge is 0.477 e. The molecule has 8 heteroatoms. The summed E-state index contributed by atoms with van der Waals surface area (Å²) in [5, 5.41) is 5.51. The fourth-order valence-electron chi connectivity index (χ4n) is 3.79. The van der Waals surface area contributed by atoms with Crippen molar-refractivity contribution in [1.82, 2.24) is 15.0 Å². The number of nitrogens with one attached hydrogen (secondary N) is 2. The van der Waals surface area contributed by atoms with Gasteiger partial charge in [-0.1, -0.05) is 24.3 Å². The van der Waals surface area contributed by atoms with E-state index in [1.165, 1.54) is 0 Å². The van der Waals surface area contributed by atoms with Crippen molar-refractivity contribution in [2.45, 2.75) is 6.42 Å². The lowest BCUT2D eigenvalue weighted by Gasteiger charge is -2.29. The summed E-state index contributed by atoms with van der Waals surface area (Å²) in [5.41, 5.74) is 7.86. The van der Waals surface area contributed by atoms with Crippen molar-refractivity contribution in [1.29, 1.82) is 0 Å². The maximum absolute atomic E-state index is 6.00. The second kappa shape index (κ2) is 10.1. The molecule has 2 N–H and O–H groups in total. The van der Waals surface area contributed by atoms with Gasteiger partial charge in [0.05, 0.1) is 37.4 Å². The summed E-state index contributed by atoms with van der Waals surface area (Å²) in [4.78, 5) is 14.5. The number of anilines is 2. The van der Waals surface area contributed by atoms with Crippen LogP contribution in [0.5, 0.6) is 5.88 Å². The number of morpholine rings is 1. The first-order valence-corrected chi connectivity index (χ1v) is 11.1. The van der Waals surface area contributed by atoms with E-state index in [1.807, 2.05) is 54.7 Å². The van der Waals surface area contributed by atoms with E-state index >= 15 is 0 Å². The summed E-state index contributed by atoms with van der Waals surface area (Å²) in [6.45, 7) is 3.59. The fraction of sp³-hybridized carbons (Fsp3) is 0.240. The van der Waals surface area contributed by atoms with Crippen molar-refractivity contribution in [3.05, 3.63) is 78.4 Å². The van der Waals surface area contributed by atoms with Gasteiger partial charge in [0.15, 0.2) is 0 Å². The molecule has 0 spiro atoms. The lowest BCUT2D eigenvalue weighted by atomic mass is 10.2. The molecule has 8 nitrogen and oxygen atoms in total. The van der Waals surface area contributed by atoms with Crippen LogP contribution >= 0.6 is 0 Å². The predicted octanol–water partition coefficient (Wildman–Crippen LogP) is 3.86. The first-order chi connectivity index (χ1) is 16.3. The highest BCUT2D eigenvalue weighted by molar-refractivity contribution is 5.92. The molecule has 1 aliphatic rings. The molecule has 0 bridgehead atoms. The van der Waals surface area contributed by atoms with E-state index in [-0.39, 0.29) is 0 Å². The second-order valence-corrected chi connectivity index (χ2v) is 7.73. The van der Waals surface area contributed by atoms with Crippen LogP contribution in [0.3, 0.4) is 0 Å². The molecule has 0 radical (unpaired) electrons. The maximum atomic E-state index is 6.00. The third-order valence-electron chi connectivity index (χ3n) is 5.49. The Morgan fingerprint density at radius 2 is 2.00 bits per heavy atom. The van der Waals surface area contributed by atoms with Crippen LogP contribution in [0, 0.1) is 0 Å². The van der Waals surface area contributed by atoms with E-state index in [0.29, 0.717) is 25.7 Å². The summed E-state index contributed by atoms with van der Waals surface area (Å²) >= 11 is 0. The van der Waals surface area contributed by atoms with Gasteiger partial charge in [-0.25, -0.2) is 4.98 Å². The molecule has 5 rings (SSSR count). The van der Waals surface area contributed by atoms with E-state index in [9.17, 15) is 0 Å². The number of pyridine rings is 2. The Morgan fingerprint density at radius 1 is 1.12 bits per heavy atom. The molecule has 1 saturated heterocycles. The van der Waals surface area contributed by atoms with Gasteiger partial charge in [-0.2, -0.15) is 5.10 Å². The summed E-state index contributed by atoms with van der Waals surface area (Å²) in [6.07, 6.45) is 6.14. The number of benzene rings is 1. The molecule has 0 saturated carbocycles. The van der Waals surface area contributed by atoms with Crippen LogP contribution in [0.2, 0.25) is 0 Å². The van der Waals surface area contributed by atoms with Crippen LogP contribution in [-0.2, 0) is 11.2 Å². The first-order valence-electron chi connectivity index (χ1n) is 11.1. The zero-order valence-electron chi connectivity index (χ0n) is 18.3. The Morgan fingerprint density at radius 3 is 2.88 bits per heavy atom. The number of rotatable bonds is 8. The van der Waals surface area contributed by atoms with Gasteiger partial charge in [0.25, 0.3) is 0 Å². The van der Waals surface area contributed by atoms with Crippen LogP contribution in [0.4, 0.5) is 11.4 Å². The zero-order chi connectivity index (χ0) is 22.3.